The van der Waals surface area contributed by atoms with Crippen molar-refractivity contribution in [1.82, 2.24) is 0 Å². The van der Waals surface area contributed by atoms with Crippen LogP contribution in [0.15, 0.2) is 24.3 Å². The van der Waals surface area contributed by atoms with Crippen molar-refractivity contribution in [1.29, 1.82) is 0 Å². The topological polar surface area (TPSA) is 35.5 Å². The summed E-state index contributed by atoms with van der Waals surface area (Å²) < 4.78 is 11.1. The summed E-state index contributed by atoms with van der Waals surface area (Å²) >= 11 is 5.91. The monoisotopic (exact) mass is 356 g/mol. The van der Waals surface area contributed by atoms with Crippen molar-refractivity contribution in [2.45, 2.75) is 51.7 Å². The molecule has 0 heterocycles. The van der Waals surface area contributed by atoms with E-state index < -0.39 is 8.32 Å². The molecular weight excluding hydrogens is 328 g/mol. The molecule has 0 aliphatic rings. The molecule has 5 heteroatoms. The van der Waals surface area contributed by atoms with E-state index in [0.717, 1.165) is 5.56 Å². The van der Waals surface area contributed by atoms with Gasteiger partial charge in [-0.05, 0) is 48.7 Å². The zero-order valence-corrected chi connectivity index (χ0v) is 16.9. The Morgan fingerprint density at radius 1 is 1.22 bits per heavy atom. The molecule has 0 aliphatic heterocycles. The van der Waals surface area contributed by atoms with Gasteiger partial charge in [0.05, 0.1) is 13.0 Å². The number of carbonyl (C=O) groups excluding carboxylic acids is 1. The Bertz CT molecular complexity index is 506. The van der Waals surface area contributed by atoms with E-state index in [9.17, 15) is 4.79 Å². The predicted molar refractivity (Wildman–Crippen MR) is 98.4 cm³/mol. The van der Waals surface area contributed by atoms with Gasteiger partial charge in [0.25, 0.3) is 0 Å². The van der Waals surface area contributed by atoms with Crippen LogP contribution in [0.5, 0.6) is 0 Å². The summed E-state index contributed by atoms with van der Waals surface area (Å²) in [6.45, 7) is 11.7. The molecule has 23 heavy (non-hydrogen) atoms. The van der Waals surface area contributed by atoms with Gasteiger partial charge in [-0.2, -0.15) is 0 Å². The van der Waals surface area contributed by atoms with Crippen LogP contribution in [0.2, 0.25) is 23.2 Å². The molecule has 0 bridgehead atoms. The standard InChI is InChI=1S/C18H29ClO3Si/c1-18(2,3)23(5,6)22-12-11-15(17(20)21-4)13-14-7-9-16(19)10-8-14/h7-10,15H,11-13H2,1-6H3. The van der Waals surface area contributed by atoms with Crippen LogP contribution in [0, 0.1) is 5.92 Å². The number of hydrogen-bond donors (Lipinski definition) is 0. The number of halogens is 1. The summed E-state index contributed by atoms with van der Waals surface area (Å²) in [6, 6.07) is 7.59. The number of esters is 1. The van der Waals surface area contributed by atoms with Crippen LogP contribution in [0.25, 0.3) is 0 Å². The third-order valence-electron chi connectivity index (χ3n) is 4.67. The largest absolute Gasteiger partial charge is 0.469 e. The zero-order valence-electron chi connectivity index (χ0n) is 15.1. The highest BCUT2D eigenvalue weighted by Gasteiger charge is 2.37. The summed E-state index contributed by atoms with van der Waals surface area (Å²) in [5.74, 6) is -0.371. The number of benzene rings is 1. The number of methoxy groups -OCH3 is 1. The molecule has 0 saturated carbocycles. The Balaban J connectivity index is 2.66. The van der Waals surface area contributed by atoms with Crippen molar-refractivity contribution in [2.24, 2.45) is 5.92 Å². The van der Waals surface area contributed by atoms with Crippen LogP contribution in [0.1, 0.15) is 32.8 Å². The Kier molecular flexibility index (Phi) is 7.30. The summed E-state index contributed by atoms with van der Waals surface area (Å²) in [7, 11) is -0.349. The van der Waals surface area contributed by atoms with Gasteiger partial charge >= 0.3 is 5.97 Å². The summed E-state index contributed by atoms with van der Waals surface area (Å²) in [6.07, 6.45) is 1.31. The van der Waals surface area contributed by atoms with E-state index in [1.807, 2.05) is 24.3 Å². The second-order valence-corrected chi connectivity index (χ2v) is 12.7. The van der Waals surface area contributed by atoms with Crippen molar-refractivity contribution in [3.8, 4) is 0 Å². The molecule has 0 amide bonds. The minimum absolute atomic E-state index is 0.171. The lowest BCUT2D eigenvalue weighted by atomic mass is 9.97. The van der Waals surface area contributed by atoms with E-state index in [1.165, 1.54) is 7.11 Å². The molecule has 1 unspecified atom stereocenters. The maximum absolute atomic E-state index is 12.0. The first kappa shape index (κ1) is 20.2. The van der Waals surface area contributed by atoms with E-state index in [4.69, 9.17) is 20.8 Å². The summed E-state index contributed by atoms with van der Waals surface area (Å²) in [5.41, 5.74) is 1.08. The molecule has 130 valence electrons. The molecule has 1 aromatic carbocycles. The van der Waals surface area contributed by atoms with Gasteiger partial charge in [0, 0.05) is 11.6 Å². The molecular formula is C18H29ClO3Si. The second-order valence-electron chi connectivity index (χ2n) is 7.45. The van der Waals surface area contributed by atoms with Gasteiger partial charge in [-0.15, -0.1) is 0 Å². The number of carbonyl (C=O) groups is 1. The highest BCUT2D eigenvalue weighted by molar-refractivity contribution is 6.74. The van der Waals surface area contributed by atoms with E-state index >= 15 is 0 Å². The lowest BCUT2D eigenvalue weighted by molar-refractivity contribution is -0.145. The highest BCUT2D eigenvalue weighted by atomic mass is 35.5. The van der Waals surface area contributed by atoms with Gasteiger partial charge in [0.1, 0.15) is 0 Å². The Labute approximate surface area is 146 Å². The maximum Gasteiger partial charge on any atom is 0.309 e. The summed E-state index contributed by atoms with van der Waals surface area (Å²) in [5, 5.41) is 0.869. The third kappa shape index (κ3) is 6.28. The first-order valence-corrected chi connectivity index (χ1v) is 11.3. The minimum Gasteiger partial charge on any atom is -0.469 e. The van der Waals surface area contributed by atoms with E-state index in [-0.39, 0.29) is 16.9 Å². The number of rotatable bonds is 7. The van der Waals surface area contributed by atoms with Crippen molar-refractivity contribution < 1.29 is 14.0 Å². The fraction of sp³-hybridized carbons (Fsp3) is 0.611. The predicted octanol–water partition coefficient (Wildman–Crippen LogP) is 5.08. The first-order valence-electron chi connectivity index (χ1n) is 8.03. The van der Waals surface area contributed by atoms with Crippen molar-refractivity contribution in [3.63, 3.8) is 0 Å². The van der Waals surface area contributed by atoms with Gasteiger partial charge in [0.15, 0.2) is 8.32 Å². The number of hydrogen-bond acceptors (Lipinski definition) is 3. The van der Waals surface area contributed by atoms with Crippen molar-refractivity contribution in [3.05, 3.63) is 34.9 Å². The quantitative estimate of drug-likeness (QED) is 0.504. The molecule has 0 saturated heterocycles. The zero-order chi connectivity index (χ0) is 17.7. The minimum atomic E-state index is -1.79. The SMILES string of the molecule is COC(=O)C(CCO[Si](C)(C)C(C)(C)C)Cc1ccc(Cl)cc1. The number of ether oxygens (including phenoxy) is 1. The van der Waals surface area contributed by atoms with Gasteiger partial charge in [-0.1, -0.05) is 44.5 Å². The molecule has 0 N–H and O–H groups in total. The molecule has 0 fully saturated rings. The lowest BCUT2D eigenvalue weighted by Crippen LogP contribution is -2.41. The molecule has 3 nitrogen and oxygen atoms in total. The van der Waals surface area contributed by atoms with Gasteiger partial charge < -0.3 is 9.16 Å². The van der Waals surface area contributed by atoms with Crippen LogP contribution in [-0.4, -0.2) is 28.0 Å². The molecule has 0 radical (unpaired) electrons. The lowest BCUT2D eigenvalue weighted by Gasteiger charge is -2.36. The smallest absolute Gasteiger partial charge is 0.309 e. The molecule has 0 aliphatic carbocycles. The van der Waals surface area contributed by atoms with Crippen LogP contribution in [0.3, 0.4) is 0 Å². The molecule has 0 aromatic heterocycles. The fourth-order valence-corrected chi connectivity index (χ4v) is 3.23. The van der Waals surface area contributed by atoms with Crippen molar-refractivity contribution in [2.75, 3.05) is 13.7 Å². The average molecular weight is 357 g/mol. The van der Waals surface area contributed by atoms with Crippen LogP contribution >= 0.6 is 11.6 Å². The van der Waals surface area contributed by atoms with E-state index in [0.29, 0.717) is 24.5 Å². The van der Waals surface area contributed by atoms with Gasteiger partial charge in [0.2, 0.25) is 0 Å². The Morgan fingerprint density at radius 2 is 1.78 bits per heavy atom. The van der Waals surface area contributed by atoms with Crippen molar-refractivity contribution >= 4 is 25.9 Å². The Hall–Kier alpha value is -0.843. The molecule has 1 atom stereocenters. The van der Waals surface area contributed by atoms with Crippen LogP contribution in [0.4, 0.5) is 0 Å². The third-order valence-corrected chi connectivity index (χ3v) is 9.46. The maximum atomic E-state index is 12.0. The summed E-state index contributed by atoms with van der Waals surface area (Å²) in [4.78, 5) is 12.0. The fourth-order valence-electron chi connectivity index (χ4n) is 2.05. The highest BCUT2D eigenvalue weighted by Crippen LogP contribution is 2.36. The molecule has 1 rings (SSSR count). The van der Waals surface area contributed by atoms with Gasteiger partial charge in [-0.25, -0.2) is 0 Å². The first-order chi connectivity index (χ1) is 10.6. The van der Waals surface area contributed by atoms with E-state index in [1.54, 1.807) is 0 Å². The second kappa shape index (κ2) is 8.31. The van der Waals surface area contributed by atoms with E-state index in [2.05, 4.69) is 33.9 Å². The van der Waals surface area contributed by atoms with Crippen LogP contribution in [-0.2, 0) is 20.4 Å². The molecule has 0 spiro atoms. The average Bonchev–Trinajstić information content (AvgIpc) is 2.46. The molecule has 1 aromatic rings. The van der Waals surface area contributed by atoms with Gasteiger partial charge in [-0.3, -0.25) is 4.79 Å². The van der Waals surface area contributed by atoms with Crippen LogP contribution < -0.4 is 0 Å². The normalized spacial score (nSPS) is 13.7. The Morgan fingerprint density at radius 3 is 2.26 bits per heavy atom.